The number of likely N-dealkylation sites (N-methyl/N-ethyl adjacent to an activating group) is 1. The number of phenolic OH excluding ortho intramolecular Hbond substituents is 1. The number of hydrogen-bond donors (Lipinski definition) is 1. The van der Waals surface area contributed by atoms with Crippen LogP contribution in [0.15, 0.2) is 30.5 Å². The van der Waals surface area contributed by atoms with Gasteiger partial charge in [-0.2, -0.15) is 0 Å². The van der Waals surface area contributed by atoms with Gasteiger partial charge in [0, 0.05) is 19.0 Å². The number of aromatic nitrogens is 1. The Bertz CT molecular complexity index is 565. The molecule has 2 aromatic rings. The van der Waals surface area contributed by atoms with E-state index in [1.165, 1.54) is 0 Å². The standard InChI is InChI=1S/C14H16N2O2/c1-16(11-4-5-18-9-11)12-6-10-7-13(17)2-3-14(10)15-8-12/h2-3,6-8,11,17H,4-5,9H2,1H3. The third kappa shape index (κ3) is 1.99. The molecule has 0 aliphatic carbocycles. The second-order valence-electron chi connectivity index (χ2n) is 4.70. The first-order chi connectivity index (χ1) is 8.74. The Balaban J connectivity index is 1.96. The lowest BCUT2D eigenvalue weighted by Crippen LogP contribution is -2.31. The lowest BCUT2D eigenvalue weighted by atomic mass is 10.1. The summed E-state index contributed by atoms with van der Waals surface area (Å²) in [5, 5.41) is 10.5. The highest BCUT2D eigenvalue weighted by Gasteiger charge is 2.20. The van der Waals surface area contributed by atoms with Crippen molar-refractivity contribution in [2.45, 2.75) is 12.5 Å². The molecule has 18 heavy (non-hydrogen) atoms. The highest BCUT2D eigenvalue weighted by Crippen LogP contribution is 2.25. The Morgan fingerprint density at radius 1 is 1.39 bits per heavy atom. The van der Waals surface area contributed by atoms with Gasteiger partial charge < -0.3 is 14.7 Å². The van der Waals surface area contributed by atoms with Crippen molar-refractivity contribution in [1.29, 1.82) is 0 Å². The van der Waals surface area contributed by atoms with Gasteiger partial charge in [-0.1, -0.05) is 0 Å². The molecule has 0 amide bonds. The van der Waals surface area contributed by atoms with E-state index in [1.807, 2.05) is 12.3 Å². The third-order valence-electron chi connectivity index (χ3n) is 3.51. The van der Waals surface area contributed by atoms with Gasteiger partial charge in [-0.3, -0.25) is 4.98 Å². The molecule has 94 valence electrons. The van der Waals surface area contributed by atoms with E-state index < -0.39 is 0 Å². The maximum absolute atomic E-state index is 9.51. The maximum atomic E-state index is 9.51. The Hall–Kier alpha value is -1.81. The minimum absolute atomic E-state index is 0.272. The number of aromatic hydroxyl groups is 1. The first-order valence-electron chi connectivity index (χ1n) is 6.13. The third-order valence-corrected chi connectivity index (χ3v) is 3.51. The minimum atomic E-state index is 0.272. The Morgan fingerprint density at radius 2 is 2.28 bits per heavy atom. The van der Waals surface area contributed by atoms with Crippen molar-refractivity contribution in [1.82, 2.24) is 4.98 Å². The molecule has 0 spiro atoms. The van der Waals surface area contributed by atoms with Crippen LogP contribution in [0.25, 0.3) is 10.9 Å². The molecular weight excluding hydrogens is 228 g/mol. The molecule has 1 fully saturated rings. The predicted molar refractivity (Wildman–Crippen MR) is 71.0 cm³/mol. The maximum Gasteiger partial charge on any atom is 0.116 e. The van der Waals surface area contributed by atoms with Gasteiger partial charge >= 0.3 is 0 Å². The topological polar surface area (TPSA) is 45.6 Å². The number of pyridine rings is 1. The van der Waals surface area contributed by atoms with Gasteiger partial charge in [-0.05, 0) is 30.7 Å². The molecule has 0 saturated carbocycles. The number of phenols is 1. The van der Waals surface area contributed by atoms with E-state index in [1.54, 1.807) is 12.1 Å². The van der Waals surface area contributed by atoms with Crippen LogP contribution in [0.1, 0.15) is 6.42 Å². The van der Waals surface area contributed by atoms with Gasteiger partial charge in [0.25, 0.3) is 0 Å². The summed E-state index contributed by atoms with van der Waals surface area (Å²) in [6, 6.07) is 7.70. The van der Waals surface area contributed by atoms with Crippen LogP contribution >= 0.6 is 0 Å². The molecule has 4 nitrogen and oxygen atoms in total. The summed E-state index contributed by atoms with van der Waals surface area (Å²) in [5.41, 5.74) is 1.95. The van der Waals surface area contributed by atoms with Gasteiger partial charge in [0.15, 0.2) is 0 Å². The molecule has 1 aromatic heterocycles. The molecule has 4 heteroatoms. The summed E-state index contributed by atoms with van der Waals surface area (Å²) < 4.78 is 5.40. The fourth-order valence-corrected chi connectivity index (χ4v) is 2.34. The normalized spacial score (nSPS) is 19.3. The molecule has 2 heterocycles. The Kier molecular flexibility index (Phi) is 2.80. The van der Waals surface area contributed by atoms with Gasteiger partial charge in [0.05, 0.1) is 30.0 Å². The van der Waals surface area contributed by atoms with Crippen LogP contribution in [0.3, 0.4) is 0 Å². The van der Waals surface area contributed by atoms with Crippen molar-refractivity contribution in [2.24, 2.45) is 0 Å². The fourth-order valence-electron chi connectivity index (χ4n) is 2.34. The van der Waals surface area contributed by atoms with Crippen LogP contribution in [0, 0.1) is 0 Å². The first-order valence-corrected chi connectivity index (χ1v) is 6.13. The van der Waals surface area contributed by atoms with Crippen LogP contribution in [0.5, 0.6) is 5.75 Å². The summed E-state index contributed by atoms with van der Waals surface area (Å²) in [5.74, 6) is 0.272. The van der Waals surface area contributed by atoms with Crippen LogP contribution < -0.4 is 4.90 Å². The van der Waals surface area contributed by atoms with Crippen molar-refractivity contribution < 1.29 is 9.84 Å². The molecule has 1 atom stereocenters. The van der Waals surface area contributed by atoms with E-state index in [-0.39, 0.29) is 5.75 Å². The highest BCUT2D eigenvalue weighted by molar-refractivity contribution is 5.83. The van der Waals surface area contributed by atoms with Crippen LogP contribution in [0.4, 0.5) is 5.69 Å². The second kappa shape index (κ2) is 4.46. The highest BCUT2D eigenvalue weighted by atomic mass is 16.5. The number of fused-ring (bicyclic) bond motifs is 1. The van der Waals surface area contributed by atoms with Crippen LogP contribution in [-0.4, -0.2) is 36.4 Å². The molecule has 3 rings (SSSR count). The predicted octanol–water partition coefficient (Wildman–Crippen LogP) is 2.17. The molecule has 1 N–H and O–H groups in total. The van der Waals surface area contributed by atoms with Crippen molar-refractivity contribution in [3.8, 4) is 5.75 Å². The van der Waals surface area contributed by atoms with E-state index >= 15 is 0 Å². The van der Waals surface area contributed by atoms with Gasteiger partial charge in [-0.25, -0.2) is 0 Å². The summed E-state index contributed by atoms with van der Waals surface area (Å²) in [6.45, 7) is 1.60. The van der Waals surface area contributed by atoms with Gasteiger partial charge in [-0.15, -0.1) is 0 Å². The summed E-state index contributed by atoms with van der Waals surface area (Å²) in [4.78, 5) is 6.62. The number of anilines is 1. The average Bonchev–Trinajstić information content (AvgIpc) is 2.90. The molecule has 1 saturated heterocycles. The monoisotopic (exact) mass is 244 g/mol. The molecule has 0 bridgehead atoms. The van der Waals surface area contributed by atoms with Gasteiger partial charge in [0.2, 0.25) is 0 Å². The summed E-state index contributed by atoms with van der Waals surface area (Å²) >= 11 is 0. The van der Waals surface area contributed by atoms with Crippen molar-refractivity contribution >= 4 is 16.6 Å². The zero-order chi connectivity index (χ0) is 12.5. The van der Waals surface area contributed by atoms with Gasteiger partial charge in [0.1, 0.15) is 5.75 Å². The summed E-state index contributed by atoms with van der Waals surface area (Å²) in [7, 11) is 2.06. The molecule has 1 aromatic carbocycles. The van der Waals surface area contributed by atoms with E-state index in [2.05, 4.69) is 23.0 Å². The smallest absolute Gasteiger partial charge is 0.116 e. The van der Waals surface area contributed by atoms with Crippen molar-refractivity contribution in [3.05, 3.63) is 30.5 Å². The lowest BCUT2D eigenvalue weighted by Gasteiger charge is -2.25. The number of benzene rings is 1. The van der Waals surface area contributed by atoms with E-state index in [9.17, 15) is 5.11 Å². The first kappa shape index (κ1) is 11.3. The molecule has 1 unspecified atom stereocenters. The summed E-state index contributed by atoms with van der Waals surface area (Å²) in [6.07, 6.45) is 2.92. The average molecular weight is 244 g/mol. The van der Waals surface area contributed by atoms with Crippen molar-refractivity contribution in [3.63, 3.8) is 0 Å². The zero-order valence-corrected chi connectivity index (χ0v) is 10.3. The number of hydrogen-bond acceptors (Lipinski definition) is 4. The zero-order valence-electron chi connectivity index (χ0n) is 10.3. The number of rotatable bonds is 2. The van der Waals surface area contributed by atoms with Crippen molar-refractivity contribution in [2.75, 3.05) is 25.2 Å². The van der Waals surface area contributed by atoms with Crippen LogP contribution in [-0.2, 0) is 4.74 Å². The second-order valence-corrected chi connectivity index (χ2v) is 4.70. The van der Waals surface area contributed by atoms with Crippen LogP contribution in [0.2, 0.25) is 0 Å². The SMILES string of the molecule is CN(c1cnc2ccc(O)cc2c1)C1CCOC1. The van der Waals surface area contributed by atoms with E-state index in [4.69, 9.17) is 4.74 Å². The molecule has 0 radical (unpaired) electrons. The Morgan fingerprint density at radius 3 is 3.06 bits per heavy atom. The minimum Gasteiger partial charge on any atom is -0.508 e. The quantitative estimate of drug-likeness (QED) is 0.879. The largest absolute Gasteiger partial charge is 0.508 e. The molecule has 1 aliphatic rings. The number of nitrogens with zero attached hydrogens (tertiary/aromatic N) is 2. The Labute approximate surface area is 106 Å². The fraction of sp³-hybridized carbons (Fsp3) is 0.357. The molecule has 1 aliphatic heterocycles. The number of ether oxygens (including phenoxy) is 1. The van der Waals surface area contributed by atoms with E-state index in [0.717, 1.165) is 36.2 Å². The van der Waals surface area contributed by atoms with E-state index in [0.29, 0.717) is 6.04 Å². The molecular formula is C14H16N2O2. The lowest BCUT2D eigenvalue weighted by molar-refractivity contribution is 0.193.